The Morgan fingerprint density at radius 1 is 1.23 bits per heavy atom. The molecule has 0 aromatic carbocycles. The molecule has 0 saturated carbocycles. The average molecular weight is 187 g/mol. The Kier molecular flexibility index (Phi) is 5.57. The van der Waals surface area contributed by atoms with Gasteiger partial charge in [0.25, 0.3) is 0 Å². The van der Waals surface area contributed by atoms with Gasteiger partial charge in [-0.1, -0.05) is 34.6 Å². The van der Waals surface area contributed by atoms with Gasteiger partial charge in [-0.05, 0) is 24.3 Å². The largest absolute Gasteiger partial charge is 0.395 e. The van der Waals surface area contributed by atoms with Crippen molar-refractivity contribution in [3.05, 3.63) is 0 Å². The van der Waals surface area contributed by atoms with Crippen molar-refractivity contribution in [2.45, 2.75) is 47.1 Å². The fourth-order valence-corrected chi connectivity index (χ4v) is 1.14. The van der Waals surface area contributed by atoms with E-state index in [9.17, 15) is 0 Å². The quantitative estimate of drug-likeness (QED) is 0.690. The van der Waals surface area contributed by atoms with Crippen molar-refractivity contribution < 1.29 is 5.11 Å². The molecular weight excluding hydrogens is 162 g/mol. The Bertz CT molecular complexity index is 127. The molecule has 0 aromatic rings. The van der Waals surface area contributed by atoms with Crippen LogP contribution in [0.25, 0.3) is 0 Å². The van der Waals surface area contributed by atoms with Crippen molar-refractivity contribution >= 4 is 0 Å². The lowest BCUT2D eigenvalue weighted by molar-refractivity contribution is 0.205. The molecule has 2 nitrogen and oxygen atoms in total. The Morgan fingerprint density at radius 2 is 1.77 bits per heavy atom. The Balaban J connectivity index is 3.62. The fourth-order valence-electron chi connectivity index (χ4n) is 1.14. The highest BCUT2D eigenvalue weighted by Crippen LogP contribution is 2.17. The van der Waals surface area contributed by atoms with E-state index < -0.39 is 0 Å². The van der Waals surface area contributed by atoms with Gasteiger partial charge in [-0.25, -0.2) is 0 Å². The average Bonchev–Trinajstić information content (AvgIpc) is 1.95. The Hall–Kier alpha value is -0.0800. The first kappa shape index (κ1) is 12.9. The van der Waals surface area contributed by atoms with Gasteiger partial charge in [-0.15, -0.1) is 0 Å². The summed E-state index contributed by atoms with van der Waals surface area (Å²) >= 11 is 0. The topological polar surface area (TPSA) is 32.3 Å². The minimum Gasteiger partial charge on any atom is -0.395 e. The first-order valence-electron chi connectivity index (χ1n) is 5.21. The highest BCUT2D eigenvalue weighted by molar-refractivity contribution is 4.71. The first-order valence-corrected chi connectivity index (χ1v) is 5.21. The SMILES string of the molecule is CC(C)[C@@H](CO)NCCC(C)(C)C. The van der Waals surface area contributed by atoms with Gasteiger partial charge in [-0.2, -0.15) is 0 Å². The summed E-state index contributed by atoms with van der Waals surface area (Å²) in [5.41, 5.74) is 0.379. The van der Waals surface area contributed by atoms with E-state index in [4.69, 9.17) is 5.11 Å². The van der Waals surface area contributed by atoms with Crippen LogP contribution in [-0.2, 0) is 0 Å². The summed E-state index contributed by atoms with van der Waals surface area (Å²) in [6, 6.07) is 0.252. The van der Waals surface area contributed by atoms with Crippen molar-refractivity contribution in [1.82, 2.24) is 5.32 Å². The van der Waals surface area contributed by atoms with Crippen LogP contribution in [0.15, 0.2) is 0 Å². The summed E-state index contributed by atoms with van der Waals surface area (Å²) in [5.74, 6) is 0.505. The van der Waals surface area contributed by atoms with Crippen LogP contribution in [0.2, 0.25) is 0 Å². The van der Waals surface area contributed by atoms with Crippen molar-refractivity contribution in [3.63, 3.8) is 0 Å². The maximum absolute atomic E-state index is 9.06. The molecule has 2 N–H and O–H groups in total. The monoisotopic (exact) mass is 187 g/mol. The van der Waals surface area contributed by atoms with E-state index in [-0.39, 0.29) is 12.6 Å². The molecule has 0 spiro atoms. The zero-order chi connectivity index (χ0) is 10.5. The molecule has 0 aliphatic rings. The van der Waals surface area contributed by atoms with Gasteiger partial charge in [0.2, 0.25) is 0 Å². The van der Waals surface area contributed by atoms with Gasteiger partial charge in [0.1, 0.15) is 0 Å². The zero-order valence-electron chi connectivity index (χ0n) is 9.72. The standard InChI is InChI=1S/C11H25NO/c1-9(2)10(8-13)12-7-6-11(3,4)5/h9-10,12-13H,6-8H2,1-5H3/t10-/m1/s1. The van der Waals surface area contributed by atoms with Gasteiger partial charge < -0.3 is 10.4 Å². The summed E-state index contributed by atoms with van der Waals surface area (Å²) in [6.07, 6.45) is 1.15. The van der Waals surface area contributed by atoms with Crippen molar-refractivity contribution in [3.8, 4) is 0 Å². The molecule has 13 heavy (non-hydrogen) atoms. The molecule has 0 unspecified atom stereocenters. The molecule has 0 aromatic heterocycles. The summed E-state index contributed by atoms with van der Waals surface area (Å²) < 4.78 is 0. The van der Waals surface area contributed by atoms with Gasteiger partial charge >= 0.3 is 0 Å². The van der Waals surface area contributed by atoms with Gasteiger partial charge in [0, 0.05) is 6.04 Å². The maximum atomic E-state index is 9.06. The lowest BCUT2D eigenvalue weighted by Crippen LogP contribution is -2.38. The molecule has 0 saturated heterocycles. The molecular formula is C11H25NO. The number of rotatable bonds is 5. The predicted molar refractivity (Wildman–Crippen MR) is 57.8 cm³/mol. The lowest BCUT2D eigenvalue weighted by atomic mass is 9.92. The van der Waals surface area contributed by atoms with Crippen LogP contribution in [0, 0.1) is 11.3 Å². The van der Waals surface area contributed by atoms with Crippen LogP contribution in [0.5, 0.6) is 0 Å². The Morgan fingerprint density at radius 3 is 2.08 bits per heavy atom. The van der Waals surface area contributed by atoms with Crippen molar-refractivity contribution in [2.75, 3.05) is 13.2 Å². The molecule has 2 heteroatoms. The molecule has 0 aliphatic heterocycles. The maximum Gasteiger partial charge on any atom is 0.0587 e. The van der Waals surface area contributed by atoms with Crippen LogP contribution in [0.1, 0.15) is 41.0 Å². The fraction of sp³-hybridized carbons (Fsp3) is 1.00. The number of aliphatic hydroxyl groups is 1. The van der Waals surface area contributed by atoms with Crippen molar-refractivity contribution in [1.29, 1.82) is 0 Å². The van der Waals surface area contributed by atoms with Crippen molar-refractivity contribution in [2.24, 2.45) is 11.3 Å². The predicted octanol–water partition coefficient (Wildman–Crippen LogP) is 2.03. The molecule has 0 amide bonds. The van der Waals surface area contributed by atoms with Crippen LogP contribution in [0.3, 0.4) is 0 Å². The molecule has 80 valence electrons. The highest BCUT2D eigenvalue weighted by atomic mass is 16.3. The normalized spacial score (nSPS) is 15.0. The molecule has 1 atom stereocenters. The second kappa shape index (κ2) is 5.61. The highest BCUT2D eigenvalue weighted by Gasteiger charge is 2.13. The van der Waals surface area contributed by atoms with Crippen LogP contribution >= 0.6 is 0 Å². The van der Waals surface area contributed by atoms with E-state index in [1.54, 1.807) is 0 Å². The third kappa shape index (κ3) is 7.03. The molecule has 0 rings (SSSR count). The molecule has 0 fully saturated rings. The minimum atomic E-state index is 0.238. The van der Waals surface area contributed by atoms with E-state index >= 15 is 0 Å². The van der Waals surface area contributed by atoms with Crippen LogP contribution in [-0.4, -0.2) is 24.3 Å². The number of nitrogens with one attached hydrogen (secondary N) is 1. The summed E-state index contributed by atoms with van der Waals surface area (Å²) in [6.45, 7) is 12.2. The number of aliphatic hydroxyl groups excluding tert-OH is 1. The smallest absolute Gasteiger partial charge is 0.0587 e. The zero-order valence-corrected chi connectivity index (χ0v) is 9.72. The van der Waals surface area contributed by atoms with Gasteiger partial charge in [-0.3, -0.25) is 0 Å². The Labute approximate surface area is 82.7 Å². The van der Waals surface area contributed by atoms with Gasteiger partial charge in [0.15, 0.2) is 0 Å². The minimum absolute atomic E-state index is 0.238. The third-order valence-electron chi connectivity index (χ3n) is 2.28. The van der Waals surface area contributed by atoms with E-state index in [1.165, 1.54) is 0 Å². The van der Waals surface area contributed by atoms with E-state index in [0.29, 0.717) is 11.3 Å². The van der Waals surface area contributed by atoms with E-state index in [0.717, 1.165) is 13.0 Å². The molecule has 0 radical (unpaired) electrons. The number of hydrogen-bond donors (Lipinski definition) is 2. The first-order chi connectivity index (χ1) is 5.87. The van der Waals surface area contributed by atoms with Crippen LogP contribution < -0.4 is 5.32 Å². The summed E-state index contributed by atoms with van der Waals surface area (Å²) in [4.78, 5) is 0. The second-order valence-electron chi connectivity index (χ2n) is 5.30. The lowest BCUT2D eigenvalue weighted by Gasteiger charge is -2.23. The second-order valence-corrected chi connectivity index (χ2v) is 5.30. The molecule has 0 bridgehead atoms. The molecule has 0 heterocycles. The van der Waals surface area contributed by atoms with E-state index in [1.807, 2.05) is 0 Å². The number of hydrogen-bond acceptors (Lipinski definition) is 2. The van der Waals surface area contributed by atoms with Gasteiger partial charge in [0.05, 0.1) is 6.61 Å². The van der Waals surface area contributed by atoms with Crippen LogP contribution in [0.4, 0.5) is 0 Å². The molecule has 0 aliphatic carbocycles. The summed E-state index contributed by atoms with van der Waals surface area (Å²) in [7, 11) is 0. The summed E-state index contributed by atoms with van der Waals surface area (Å²) in [5, 5.41) is 12.4. The van der Waals surface area contributed by atoms with E-state index in [2.05, 4.69) is 39.9 Å². The third-order valence-corrected chi connectivity index (χ3v) is 2.28.